The smallest absolute Gasteiger partial charge is 0.241 e. The number of likely N-dealkylation sites (N-methyl/N-ethyl adjacent to an activating group) is 1. The lowest BCUT2D eigenvalue weighted by Gasteiger charge is -2.33. The highest BCUT2D eigenvalue weighted by Gasteiger charge is 2.21. The van der Waals surface area contributed by atoms with Crippen LogP contribution in [0.15, 0.2) is 54.0 Å². The topological polar surface area (TPSA) is 71.4 Å². The van der Waals surface area contributed by atoms with Crippen LogP contribution in [0, 0.1) is 11.3 Å². The highest BCUT2D eigenvalue weighted by atomic mass is 35.5. The zero-order chi connectivity index (χ0) is 21.9. The highest BCUT2D eigenvalue weighted by Crippen LogP contribution is 2.19. The second-order valence-electron chi connectivity index (χ2n) is 7.01. The summed E-state index contributed by atoms with van der Waals surface area (Å²) in [6, 6.07) is 9.67. The molecule has 0 bridgehead atoms. The van der Waals surface area contributed by atoms with Gasteiger partial charge in [-0.15, -0.1) is 0 Å². The third-order valence-electron chi connectivity index (χ3n) is 4.69. The molecule has 0 fully saturated rings. The van der Waals surface area contributed by atoms with Gasteiger partial charge in [0.25, 0.3) is 0 Å². The van der Waals surface area contributed by atoms with Crippen LogP contribution in [0.5, 0.6) is 0 Å². The molecule has 1 unspecified atom stereocenters. The molecule has 0 radical (unpaired) electrons. The number of halogens is 1. The van der Waals surface area contributed by atoms with Gasteiger partial charge in [0.15, 0.2) is 0 Å². The van der Waals surface area contributed by atoms with Crippen molar-refractivity contribution < 1.29 is 4.79 Å². The van der Waals surface area contributed by atoms with Gasteiger partial charge in [0.1, 0.15) is 12.0 Å². The Kier molecular flexibility index (Phi) is 9.46. The number of benzene rings is 1. The maximum absolute atomic E-state index is 12.8. The molecule has 1 aliphatic heterocycles. The fraction of sp³-hybridized carbons (Fsp3) is 0.391. The van der Waals surface area contributed by atoms with Crippen molar-refractivity contribution in [2.75, 3.05) is 26.7 Å². The zero-order valence-electron chi connectivity index (χ0n) is 17.9. The van der Waals surface area contributed by atoms with Crippen LogP contribution in [0.3, 0.4) is 0 Å². The molecule has 0 saturated carbocycles. The summed E-state index contributed by atoms with van der Waals surface area (Å²) < 4.78 is 0. The van der Waals surface area contributed by atoms with Gasteiger partial charge in [-0.1, -0.05) is 37.6 Å². The van der Waals surface area contributed by atoms with Crippen molar-refractivity contribution in [3.8, 4) is 6.07 Å². The average Bonchev–Trinajstić information content (AvgIpc) is 2.77. The SMILES string of the molecule is CCCN(CCC)C(=O)CN/C(=C\c1ccc(Cl)cc1)N1C=CC(C#N)=CC1NC. The monoisotopic (exact) mass is 427 g/mol. The van der Waals surface area contributed by atoms with Crippen LogP contribution >= 0.6 is 11.6 Å². The molecule has 2 N–H and O–H groups in total. The molecule has 160 valence electrons. The van der Waals surface area contributed by atoms with E-state index >= 15 is 0 Å². The van der Waals surface area contributed by atoms with E-state index in [0.29, 0.717) is 10.6 Å². The first-order chi connectivity index (χ1) is 14.5. The molecule has 30 heavy (non-hydrogen) atoms. The van der Waals surface area contributed by atoms with Crippen LogP contribution in [-0.4, -0.2) is 48.6 Å². The molecule has 0 saturated heterocycles. The zero-order valence-corrected chi connectivity index (χ0v) is 18.6. The number of rotatable bonds is 10. The Morgan fingerprint density at radius 2 is 1.93 bits per heavy atom. The molecule has 1 aromatic rings. The lowest BCUT2D eigenvalue weighted by atomic mass is 10.1. The van der Waals surface area contributed by atoms with E-state index in [-0.39, 0.29) is 18.6 Å². The van der Waals surface area contributed by atoms with E-state index in [9.17, 15) is 10.1 Å². The Morgan fingerprint density at radius 3 is 2.50 bits per heavy atom. The summed E-state index contributed by atoms with van der Waals surface area (Å²) in [7, 11) is 1.83. The number of nitriles is 1. The molecule has 1 aromatic carbocycles. The van der Waals surface area contributed by atoms with Crippen LogP contribution in [0.1, 0.15) is 32.3 Å². The van der Waals surface area contributed by atoms with E-state index < -0.39 is 0 Å². The molecular formula is C23H30ClN5O. The van der Waals surface area contributed by atoms with E-state index in [4.69, 9.17) is 11.6 Å². The first kappa shape index (κ1) is 23.5. The third-order valence-corrected chi connectivity index (χ3v) is 4.94. The van der Waals surface area contributed by atoms with Crippen molar-refractivity contribution >= 4 is 23.6 Å². The van der Waals surface area contributed by atoms with Crippen molar-refractivity contribution in [2.24, 2.45) is 0 Å². The minimum Gasteiger partial charge on any atom is -0.362 e. The van der Waals surface area contributed by atoms with Gasteiger partial charge in [0.2, 0.25) is 5.91 Å². The molecular weight excluding hydrogens is 398 g/mol. The van der Waals surface area contributed by atoms with Gasteiger partial charge in [-0.05, 0) is 55.8 Å². The quantitative estimate of drug-likeness (QED) is 0.595. The number of allylic oxidation sites excluding steroid dienone is 2. The van der Waals surface area contributed by atoms with Crippen molar-refractivity contribution in [2.45, 2.75) is 32.9 Å². The lowest BCUT2D eigenvalue weighted by molar-refractivity contribution is -0.130. The summed E-state index contributed by atoms with van der Waals surface area (Å²) in [5, 5.41) is 16.4. The fourth-order valence-corrected chi connectivity index (χ4v) is 3.33. The van der Waals surface area contributed by atoms with Crippen molar-refractivity contribution in [1.29, 1.82) is 5.26 Å². The van der Waals surface area contributed by atoms with Gasteiger partial charge in [0, 0.05) is 24.3 Å². The van der Waals surface area contributed by atoms with Gasteiger partial charge < -0.3 is 15.1 Å². The summed E-state index contributed by atoms with van der Waals surface area (Å²) in [6.07, 6.45) is 9.05. The largest absolute Gasteiger partial charge is 0.362 e. The van der Waals surface area contributed by atoms with Gasteiger partial charge in [-0.3, -0.25) is 10.1 Å². The highest BCUT2D eigenvalue weighted by molar-refractivity contribution is 6.30. The molecule has 0 aliphatic carbocycles. The Labute approximate surface area is 184 Å². The van der Waals surface area contributed by atoms with E-state index in [1.54, 1.807) is 6.08 Å². The summed E-state index contributed by atoms with van der Waals surface area (Å²) >= 11 is 6.02. The Hall–Kier alpha value is -2.75. The Bertz CT molecular complexity index is 832. The Morgan fingerprint density at radius 1 is 1.27 bits per heavy atom. The maximum Gasteiger partial charge on any atom is 0.241 e. The van der Waals surface area contributed by atoms with Crippen molar-refractivity contribution in [3.63, 3.8) is 0 Å². The molecule has 1 amide bonds. The molecule has 6 nitrogen and oxygen atoms in total. The van der Waals surface area contributed by atoms with E-state index in [0.717, 1.165) is 37.3 Å². The molecule has 0 aromatic heterocycles. The second kappa shape index (κ2) is 12.1. The number of amides is 1. The lowest BCUT2D eigenvalue weighted by Crippen LogP contribution is -2.46. The van der Waals surface area contributed by atoms with Crippen LogP contribution in [-0.2, 0) is 4.79 Å². The molecule has 1 atom stereocenters. The third kappa shape index (κ3) is 6.65. The predicted octanol–water partition coefficient (Wildman–Crippen LogP) is 3.70. The van der Waals surface area contributed by atoms with Crippen molar-refractivity contribution in [1.82, 2.24) is 20.4 Å². The van der Waals surface area contributed by atoms with Gasteiger partial charge in [-0.25, -0.2) is 0 Å². The molecule has 7 heteroatoms. The summed E-state index contributed by atoms with van der Waals surface area (Å²) in [6.45, 7) is 5.84. The minimum atomic E-state index is -0.215. The molecule has 1 heterocycles. The second-order valence-corrected chi connectivity index (χ2v) is 7.44. The van der Waals surface area contributed by atoms with E-state index in [1.807, 2.05) is 59.5 Å². The maximum atomic E-state index is 12.8. The number of hydrogen-bond donors (Lipinski definition) is 2. The minimum absolute atomic E-state index is 0.0657. The number of hydrogen-bond acceptors (Lipinski definition) is 5. The van der Waals surface area contributed by atoms with Crippen LogP contribution in [0.25, 0.3) is 6.08 Å². The normalized spacial score (nSPS) is 16.1. The first-order valence-corrected chi connectivity index (χ1v) is 10.6. The summed E-state index contributed by atoms with van der Waals surface area (Å²) in [5.41, 5.74) is 1.54. The van der Waals surface area contributed by atoms with Gasteiger partial charge in [0.05, 0.1) is 18.2 Å². The average molecular weight is 428 g/mol. The van der Waals surface area contributed by atoms with Gasteiger partial charge >= 0.3 is 0 Å². The number of carbonyl (C=O) groups excluding carboxylic acids is 1. The van der Waals surface area contributed by atoms with Crippen LogP contribution < -0.4 is 10.6 Å². The summed E-state index contributed by atoms with van der Waals surface area (Å²) in [5.74, 6) is 0.818. The molecule has 2 rings (SSSR count). The van der Waals surface area contributed by atoms with Gasteiger partial charge in [-0.2, -0.15) is 5.26 Å². The predicted molar refractivity (Wildman–Crippen MR) is 122 cm³/mol. The molecule has 1 aliphatic rings. The molecule has 0 spiro atoms. The van der Waals surface area contributed by atoms with Crippen molar-refractivity contribution in [3.05, 3.63) is 64.6 Å². The Balaban J connectivity index is 2.27. The van der Waals surface area contributed by atoms with Crippen LogP contribution in [0.4, 0.5) is 0 Å². The standard InChI is InChI=1S/C23H30ClN5O/c1-4-11-28(12-5-2)23(30)17-27-22(14-18-6-8-20(24)9-7-18)29-13-10-19(16-25)15-21(29)26-3/h6-10,13-15,21,26-27H,4-5,11-12,17H2,1-3H3/b22-14+. The van der Waals surface area contributed by atoms with E-state index in [2.05, 4.69) is 30.6 Å². The van der Waals surface area contributed by atoms with E-state index in [1.165, 1.54) is 0 Å². The fourth-order valence-electron chi connectivity index (χ4n) is 3.20. The number of nitrogens with zero attached hydrogens (tertiary/aromatic N) is 3. The summed E-state index contributed by atoms with van der Waals surface area (Å²) in [4.78, 5) is 16.6. The number of carbonyl (C=O) groups is 1. The number of nitrogens with one attached hydrogen (secondary N) is 2. The van der Waals surface area contributed by atoms with Crippen LogP contribution in [0.2, 0.25) is 5.02 Å². The first-order valence-electron chi connectivity index (χ1n) is 10.3.